The Morgan fingerprint density at radius 1 is 1.42 bits per heavy atom. The lowest BCUT2D eigenvalue weighted by Gasteiger charge is -2.23. The molecular weight excluding hydrogens is 250 g/mol. The average molecular weight is 273 g/mol. The number of rotatable bonds is 5. The molecule has 1 saturated heterocycles. The van der Waals surface area contributed by atoms with Crippen molar-refractivity contribution in [3.8, 4) is 0 Å². The fraction of sp³-hybridized carbons (Fsp3) is 0.833. The van der Waals surface area contributed by atoms with Gasteiger partial charge >= 0.3 is 12.0 Å². The molecule has 0 aromatic heterocycles. The molecule has 0 aliphatic carbocycles. The van der Waals surface area contributed by atoms with Gasteiger partial charge in [0.1, 0.15) is 6.04 Å². The highest BCUT2D eigenvalue weighted by Crippen LogP contribution is 2.19. The lowest BCUT2D eigenvalue weighted by atomic mass is 10.1. The Balaban J connectivity index is 2.57. The molecule has 1 aliphatic rings. The van der Waals surface area contributed by atoms with Crippen LogP contribution in [0.1, 0.15) is 13.3 Å². The smallest absolute Gasteiger partial charge is 0.326 e. The number of urea groups is 1. The summed E-state index contributed by atoms with van der Waals surface area (Å²) in [5.41, 5.74) is 0. The van der Waals surface area contributed by atoms with Gasteiger partial charge in [-0.05, 0) is 20.0 Å². The highest BCUT2D eigenvalue weighted by molar-refractivity contribution is 5.82. The fourth-order valence-electron chi connectivity index (χ4n) is 2.41. The standard InChI is InChI=1S/C12H23N3O4/c1-8-6-15(7-10(8)14(2)3)12(19)13-9(4-5-16)11(17)18/h8-10,16H,4-7H2,1-3H3,(H,13,19)(H,17,18)/t8?,9-,10?/m1/s1. The summed E-state index contributed by atoms with van der Waals surface area (Å²) in [6, 6.07) is -1.13. The summed E-state index contributed by atoms with van der Waals surface area (Å²) < 4.78 is 0. The Morgan fingerprint density at radius 3 is 2.47 bits per heavy atom. The van der Waals surface area contributed by atoms with Gasteiger partial charge in [0.05, 0.1) is 0 Å². The molecule has 1 fully saturated rings. The van der Waals surface area contributed by atoms with Gasteiger partial charge in [-0.15, -0.1) is 0 Å². The Bertz CT molecular complexity index is 335. The molecule has 0 bridgehead atoms. The number of aliphatic carboxylic acids is 1. The van der Waals surface area contributed by atoms with Gasteiger partial charge in [0.25, 0.3) is 0 Å². The second-order valence-electron chi connectivity index (χ2n) is 5.27. The van der Waals surface area contributed by atoms with Crippen molar-refractivity contribution in [1.82, 2.24) is 15.1 Å². The number of aliphatic hydroxyl groups is 1. The molecule has 7 nitrogen and oxygen atoms in total. The van der Waals surface area contributed by atoms with Crippen molar-refractivity contribution in [2.75, 3.05) is 33.8 Å². The predicted octanol–water partition coefficient (Wildman–Crippen LogP) is -0.586. The minimum Gasteiger partial charge on any atom is -0.480 e. The minimum atomic E-state index is -1.13. The largest absolute Gasteiger partial charge is 0.480 e. The Labute approximate surface area is 113 Å². The van der Waals surface area contributed by atoms with Crippen LogP contribution in [0.15, 0.2) is 0 Å². The van der Waals surface area contributed by atoms with E-state index in [-0.39, 0.29) is 25.1 Å². The lowest BCUT2D eigenvalue weighted by molar-refractivity contribution is -0.139. The highest BCUT2D eigenvalue weighted by atomic mass is 16.4. The van der Waals surface area contributed by atoms with Gasteiger partial charge in [-0.1, -0.05) is 6.92 Å². The van der Waals surface area contributed by atoms with Crippen LogP contribution in [0, 0.1) is 5.92 Å². The summed E-state index contributed by atoms with van der Waals surface area (Å²) in [5.74, 6) is -0.777. The first-order valence-corrected chi connectivity index (χ1v) is 6.42. The summed E-state index contributed by atoms with van der Waals surface area (Å²) >= 11 is 0. The molecule has 1 aliphatic heterocycles. The molecule has 2 unspecified atom stereocenters. The van der Waals surface area contributed by atoms with Crippen LogP contribution in [-0.2, 0) is 4.79 Å². The second kappa shape index (κ2) is 6.72. The molecule has 0 saturated carbocycles. The van der Waals surface area contributed by atoms with Crippen molar-refractivity contribution >= 4 is 12.0 Å². The van der Waals surface area contributed by atoms with E-state index in [0.29, 0.717) is 19.0 Å². The second-order valence-corrected chi connectivity index (χ2v) is 5.27. The molecule has 3 N–H and O–H groups in total. The summed E-state index contributed by atoms with van der Waals surface area (Å²) in [6.07, 6.45) is 0.0155. The van der Waals surface area contributed by atoms with Crippen LogP contribution in [0.2, 0.25) is 0 Å². The summed E-state index contributed by atoms with van der Waals surface area (Å²) in [7, 11) is 3.93. The Hall–Kier alpha value is -1.34. The SMILES string of the molecule is CC1CN(C(=O)N[C@H](CCO)C(=O)O)CC1N(C)C. The topological polar surface area (TPSA) is 93.1 Å². The molecular formula is C12H23N3O4. The van der Waals surface area contributed by atoms with Crippen molar-refractivity contribution in [3.05, 3.63) is 0 Å². The molecule has 1 heterocycles. The van der Waals surface area contributed by atoms with Crippen LogP contribution in [0.4, 0.5) is 4.79 Å². The summed E-state index contributed by atoms with van der Waals surface area (Å²) in [6.45, 7) is 3.00. The van der Waals surface area contributed by atoms with Crippen LogP contribution in [0.5, 0.6) is 0 Å². The number of carboxylic acid groups (broad SMARTS) is 1. The van der Waals surface area contributed by atoms with Gasteiger partial charge in [-0.25, -0.2) is 9.59 Å². The van der Waals surface area contributed by atoms with E-state index in [9.17, 15) is 9.59 Å². The van der Waals surface area contributed by atoms with Crippen molar-refractivity contribution in [2.45, 2.75) is 25.4 Å². The van der Waals surface area contributed by atoms with Crippen LogP contribution < -0.4 is 5.32 Å². The van der Waals surface area contributed by atoms with Crippen molar-refractivity contribution < 1.29 is 19.8 Å². The number of aliphatic hydroxyl groups excluding tert-OH is 1. The fourth-order valence-corrected chi connectivity index (χ4v) is 2.41. The molecule has 0 aromatic carbocycles. The number of amides is 2. The van der Waals surface area contributed by atoms with Crippen molar-refractivity contribution in [3.63, 3.8) is 0 Å². The number of likely N-dealkylation sites (N-methyl/N-ethyl adjacent to an activating group) is 1. The van der Waals surface area contributed by atoms with E-state index in [4.69, 9.17) is 10.2 Å². The monoisotopic (exact) mass is 273 g/mol. The first-order valence-electron chi connectivity index (χ1n) is 6.42. The molecule has 19 heavy (non-hydrogen) atoms. The van der Waals surface area contributed by atoms with Crippen LogP contribution in [0.25, 0.3) is 0 Å². The first kappa shape index (κ1) is 15.7. The number of nitrogens with zero attached hydrogens (tertiary/aromatic N) is 2. The maximum atomic E-state index is 12.0. The van der Waals surface area contributed by atoms with E-state index in [1.807, 2.05) is 14.1 Å². The maximum absolute atomic E-state index is 12.0. The number of hydrogen-bond donors (Lipinski definition) is 3. The molecule has 0 radical (unpaired) electrons. The molecule has 0 spiro atoms. The summed E-state index contributed by atoms with van der Waals surface area (Å²) in [5, 5.41) is 20.2. The minimum absolute atomic E-state index is 0.0155. The number of likely N-dealkylation sites (tertiary alicyclic amines) is 1. The van der Waals surface area contributed by atoms with E-state index in [1.54, 1.807) is 4.90 Å². The zero-order valence-corrected chi connectivity index (χ0v) is 11.7. The third-order valence-electron chi connectivity index (χ3n) is 3.54. The van der Waals surface area contributed by atoms with Crippen LogP contribution in [-0.4, -0.2) is 77.9 Å². The van der Waals surface area contributed by atoms with E-state index >= 15 is 0 Å². The van der Waals surface area contributed by atoms with E-state index < -0.39 is 12.0 Å². The zero-order valence-electron chi connectivity index (χ0n) is 11.7. The number of hydrogen-bond acceptors (Lipinski definition) is 4. The van der Waals surface area contributed by atoms with E-state index in [2.05, 4.69) is 17.1 Å². The van der Waals surface area contributed by atoms with Gasteiger partial charge in [-0.3, -0.25) is 0 Å². The normalized spacial score (nSPS) is 24.6. The van der Waals surface area contributed by atoms with Crippen molar-refractivity contribution in [1.29, 1.82) is 0 Å². The van der Waals surface area contributed by atoms with E-state index in [0.717, 1.165) is 0 Å². The van der Waals surface area contributed by atoms with Crippen LogP contribution >= 0.6 is 0 Å². The quantitative estimate of drug-likeness (QED) is 0.623. The Morgan fingerprint density at radius 2 is 2.05 bits per heavy atom. The van der Waals surface area contributed by atoms with Gasteiger partial charge < -0.3 is 25.3 Å². The average Bonchev–Trinajstić information content (AvgIpc) is 2.70. The third kappa shape index (κ3) is 4.07. The number of carbonyl (C=O) groups is 2. The molecule has 7 heteroatoms. The molecule has 1 rings (SSSR count). The van der Waals surface area contributed by atoms with E-state index in [1.165, 1.54) is 0 Å². The Kier molecular flexibility index (Phi) is 5.56. The first-order chi connectivity index (χ1) is 8.86. The molecule has 2 amide bonds. The predicted molar refractivity (Wildman–Crippen MR) is 69.9 cm³/mol. The van der Waals surface area contributed by atoms with Crippen molar-refractivity contribution in [2.24, 2.45) is 5.92 Å². The van der Waals surface area contributed by atoms with Crippen LogP contribution in [0.3, 0.4) is 0 Å². The number of carboxylic acids is 1. The molecule has 0 aromatic rings. The van der Waals surface area contributed by atoms with Gasteiger partial charge in [0.15, 0.2) is 0 Å². The number of nitrogens with one attached hydrogen (secondary N) is 1. The highest BCUT2D eigenvalue weighted by Gasteiger charge is 2.34. The maximum Gasteiger partial charge on any atom is 0.326 e. The zero-order chi connectivity index (χ0) is 14.6. The molecule has 110 valence electrons. The van der Waals surface area contributed by atoms with Gasteiger partial charge in [0, 0.05) is 32.2 Å². The lowest BCUT2D eigenvalue weighted by Crippen LogP contribution is -2.48. The third-order valence-corrected chi connectivity index (χ3v) is 3.54. The number of carbonyl (C=O) groups excluding carboxylic acids is 1. The van der Waals surface area contributed by atoms with Gasteiger partial charge in [-0.2, -0.15) is 0 Å². The van der Waals surface area contributed by atoms with Gasteiger partial charge in [0.2, 0.25) is 0 Å². The summed E-state index contributed by atoms with van der Waals surface area (Å²) in [4.78, 5) is 26.6. The molecule has 3 atom stereocenters.